The lowest BCUT2D eigenvalue weighted by Crippen LogP contribution is -2.42. The number of aliphatic carboxylic acids is 1. The van der Waals surface area contributed by atoms with Crippen LogP contribution in [0.1, 0.15) is 23.4 Å². The van der Waals surface area contributed by atoms with E-state index >= 15 is 0 Å². The Balaban J connectivity index is 1.91. The molecule has 108 valence electrons. The zero-order chi connectivity index (χ0) is 15.0. The van der Waals surface area contributed by atoms with Crippen molar-refractivity contribution in [3.8, 4) is 0 Å². The highest BCUT2D eigenvalue weighted by atomic mass is 16.4. The first kappa shape index (κ1) is 13.4. The van der Waals surface area contributed by atoms with Crippen molar-refractivity contribution in [3.05, 3.63) is 46.3 Å². The zero-order valence-corrected chi connectivity index (χ0v) is 11.0. The molecule has 1 heterocycles. The molecular weight excluding hydrogens is 274 g/mol. The summed E-state index contributed by atoms with van der Waals surface area (Å²) in [5.74, 6) is -1.98. The van der Waals surface area contributed by atoms with Crippen molar-refractivity contribution >= 4 is 22.8 Å². The van der Waals surface area contributed by atoms with Crippen molar-refractivity contribution in [2.45, 2.75) is 18.9 Å². The van der Waals surface area contributed by atoms with E-state index in [0.29, 0.717) is 11.0 Å². The maximum Gasteiger partial charge on any atom is 0.326 e. The van der Waals surface area contributed by atoms with Crippen LogP contribution in [-0.2, 0) is 4.79 Å². The summed E-state index contributed by atoms with van der Waals surface area (Å²) in [5, 5.41) is 11.9. The molecule has 6 nitrogen and oxygen atoms in total. The monoisotopic (exact) mass is 287 g/mol. The van der Waals surface area contributed by atoms with Crippen molar-refractivity contribution in [2.75, 3.05) is 0 Å². The summed E-state index contributed by atoms with van der Waals surface area (Å²) < 4.78 is 5.38. The molecule has 21 heavy (non-hydrogen) atoms. The Labute approximate surface area is 119 Å². The molecule has 2 N–H and O–H groups in total. The largest absolute Gasteiger partial charge is 0.480 e. The zero-order valence-electron chi connectivity index (χ0n) is 11.0. The highest BCUT2D eigenvalue weighted by molar-refractivity contribution is 5.95. The molecule has 1 aromatic heterocycles. The number of fused-ring (bicyclic) bond motifs is 1. The molecule has 3 rings (SSSR count). The van der Waals surface area contributed by atoms with Gasteiger partial charge < -0.3 is 14.8 Å². The van der Waals surface area contributed by atoms with E-state index < -0.39 is 17.9 Å². The van der Waals surface area contributed by atoms with Crippen LogP contribution in [0.5, 0.6) is 0 Å². The molecule has 1 atom stereocenters. The molecule has 0 spiro atoms. The standard InChI is InChI=1S/C15H13NO5/c17-10-7-12(21-11-4-2-1-3-9(10)11)14(18)16-13(15(19)20)8-5-6-8/h1-4,7-8,13H,5-6H2,(H,16,18)(H,19,20). The Morgan fingerprint density at radius 2 is 2.00 bits per heavy atom. The number of carboxylic acid groups (broad SMARTS) is 1. The smallest absolute Gasteiger partial charge is 0.326 e. The molecule has 6 heteroatoms. The fourth-order valence-electron chi connectivity index (χ4n) is 2.24. The fourth-order valence-corrected chi connectivity index (χ4v) is 2.24. The van der Waals surface area contributed by atoms with Crippen molar-refractivity contribution in [3.63, 3.8) is 0 Å². The number of carbonyl (C=O) groups is 2. The summed E-state index contributed by atoms with van der Waals surface area (Å²) in [5.41, 5.74) is -0.0336. The van der Waals surface area contributed by atoms with E-state index in [-0.39, 0.29) is 17.1 Å². The van der Waals surface area contributed by atoms with Crippen LogP contribution in [0.3, 0.4) is 0 Å². The minimum absolute atomic E-state index is 0.0429. The highest BCUT2D eigenvalue weighted by Gasteiger charge is 2.37. The Morgan fingerprint density at radius 3 is 2.67 bits per heavy atom. The van der Waals surface area contributed by atoms with Crippen LogP contribution in [0.2, 0.25) is 0 Å². The maximum absolute atomic E-state index is 12.1. The topological polar surface area (TPSA) is 96.6 Å². The number of nitrogens with one attached hydrogen (secondary N) is 1. The van der Waals surface area contributed by atoms with Gasteiger partial charge in [0.25, 0.3) is 5.91 Å². The van der Waals surface area contributed by atoms with Gasteiger partial charge in [0.15, 0.2) is 11.2 Å². The van der Waals surface area contributed by atoms with Gasteiger partial charge in [0.1, 0.15) is 11.6 Å². The van der Waals surface area contributed by atoms with Gasteiger partial charge in [-0.2, -0.15) is 0 Å². The van der Waals surface area contributed by atoms with Crippen LogP contribution >= 0.6 is 0 Å². The predicted octanol–water partition coefficient (Wildman–Crippen LogP) is 1.39. The second-order valence-corrected chi connectivity index (χ2v) is 5.10. The third-order valence-corrected chi connectivity index (χ3v) is 3.50. The summed E-state index contributed by atoms with van der Waals surface area (Å²) in [6, 6.07) is 6.73. The Morgan fingerprint density at radius 1 is 1.29 bits per heavy atom. The average molecular weight is 287 g/mol. The van der Waals surface area contributed by atoms with Crippen molar-refractivity contribution in [2.24, 2.45) is 5.92 Å². The second-order valence-electron chi connectivity index (χ2n) is 5.10. The Hall–Kier alpha value is -2.63. The van der Waals surface area contributed by atoms with Gasteiger partial charge in [-0.05, 0) is 30.9 Å². The SMILES string of the molecule is O=C(NC(C(=O)O)C1CC1)c1cc(=O)c2ccccc2o1. The van der Waals surface area contributed by atoms with Gasteiger partial charge in [-0.3, -0.25) is 9.59 Å². The Bertz CT molecular complexity index is 775. The summed E-state index contributed by atoms with van der Waals surface area (Å²) in [6.07, 6.45) is 1.55. The molecular formula is C15H13NO5. The van der Waals surface area contributed by atoms with Crippen molar-refractivity contribution in [1.82, 2.24) is 5.32 Å². The van der Waals surface area contributed by atoms with Gasteiger partial charge in [-0.25, -0.2) is 4.79 Å². The number of hydrogen-bond donors (Lipinski definition) is 2. The number of hydrogen-bond acceptors (Lipinski definition) is 4. The molecule has 0 radical (unpaired) electrons. The molecule has 2 aromatic rings. The number of benzene rings is 1. The molecule has 1 aromatic carbocycles. The molecule has 1 unspecified atom stereocenters. The number of rotatable bonds is 4. The first-order valence-electron chi connectivity index (χ1n) is 6.63. The van der Waals surface area contributed by atoms with Gasteiger partial charge in [0.05, 0.1) is 5.39 Å². The molecule has 0 aliphatic heterocycles. The van der Waals surface area contributed by atoms with E-state index in [1.807, 2.05) is 0 Å². The molecule has 1 amide bonds. The number of para-hydroxylation sites is 1. The summed E-state index contributed by atoms with van der Waals surface area (Å²) in [4.78, 5) is 35.1. The van der Waals surface area contributed by atoms with E-state index in [4.69, 9.17) is 9.52 Å². The third-order valence-electron chi connectivity index (χ3n) is 3.50. The van der Waals surface area contributed by atoms with Crippen LogP contribution in [0.4, 0.5) is 0 Å². The van der Waals surface area contributed by atoms with E-state index in [0.717, 1.165) is 18.9 Å². The predicted molar refractivity (Wildman–Crippen MR) is 74.1 cm³/mol. The van der Waals surface area contributed by atoms with Crippen LogP contribution in [0, 0.1) is 5.92 Å². The quantitative estimate of drug-likeness (QED) is 0.885. The van der Waals surface area contributed by atoms with Gasteiger partial charge in [0, 0.05) is 6.07 Å². The highest BCUT2D eigenvalue weighted by Crippen LogP contribution is 2.32. The second kappa shape index (κ2) is 5.05. The lowest BCUT2D eigenvalue weighted by Gasteiger charge is -2.12. The fraction of sp³-hybridized carbons (Fsp3) is 0.267. The van der Waals surface area contributed by atoms with Crippen molar-refractivity contribution in [1.29, 1.82) is 0 Å². The van der Waals surface area contributed by atoms with E-state index in [1.54, 1.807) is 24.3 Å². The summed E-state index contributed by atoms with van der Waals surface area (Å²) in [7, 11) is 0. The average Bonchev–Trinajstić information content (AvgIpc) is 3.28. The first-order valence-corrected chi connectivity index (χ1v) is 6.63. The van der Waals surface area contributed by atoms with E-state index in [1.165, 1.54) is 0 Å². The van der Waals surface area contributed by atoms with Gasteiger partial charge in [0.2, 0.25) is 0 Å². The number of carboxylic acids is 1. The van der Waals surface area contributed by atoms with Crippen LogP contribution < -0.4 is 10.7 Å². The van der Waals surface area contributed by atoms with Crippen LogP contribution in [-0.4, -0.2) is 23.0 Å². The molecule has 1 aliphatic rings. The maximum atomic E-state index is 12.1. The number of amides is 1. The normalized spacial score (nSPS) is 15.6. The van der Waals surface area contributed by atoms with Gasteiger partial charge in [-0.15, -0.1) is 0 Å². The molecule has 1 aliphatic carbocycles. The third kappa shape index (κ3) is 2.65. The molecule has 0 saturated heterocycles. The Kier molecular flexibility index (Phi) is 3.21. The van der Waals surface area contributed by atoms with E-state index in [2.05, 4.69) is 5.32 Å². The molecule has 0 bridgehead atoms. The minimum atomic E-state index is -1.08. The first-order chi connectivity index (χ1) is 10.1. The van der Waals surface area contributed by atoms with Gasteiger partial charge in [-0.1, -0.05) is 12.1 Å². The lowest BCUT2D eigenvalue weighted by molar-refractivity contribution is -0.139. The van der Waals surface area contributed by atoms with Crippen molar-refractivity contribution < 1.29 is 19.1 Å². The van der Waals surface area contributed by atoms with Gasteiger partial charge >= 0.3 is 5.97 Å². The lowest BCUT2D eigenvalue weighted by atomic mass is 10.1. The summed E-state index contributed by atoms with van der Waals surface area (Å²) in [6.45, 7) is 0. The molecule has 1 saturated carbocycles. The summed E-state index contributed by atoms with van der Waals surface area (Å²) >= 11 is 0. The van der Waals surface area contributed by atoms with Crippen LogP contribution in [0.25, 0.3) is 11.0 Å². The number of carbonyl (C=O) groups excluding carboxylic acids is 1. The van der Waals surface area contributed by atoms with E-state index in [9.17, 15) is 14.4 Å². The van der Waals surface area contributed by atoms with Crippen LogP contribution in [0.15, 0.2) is 39.5 Å². The molecule has 1 fully saturated rings. The minimum Gasteiger partial charge on any atom is -0.480 e.